The summed E-state index contributed by atoms with van der Waals surface area (Å²) in [7, 11) is 0. The summed E-state index contributed by atoms with van der Waals surface area (Å²) in [5.41, 5.74) is 2.90. The molecule has 0 bridgehead atoms. The van der Waals surface area contributed by atoms with E-state index in [4.69, 9.17) is 0 Å². The van der Waals surface area contributed by atoms with E-state index < -0.39 is 0 Å². The monoisotopic (exact) mass is 350 g/mol. The van der Waals surface area contributed by atoms with Gasteiger partial charge in [-0.2, -0.15) is 4.98 Å². The molecule has 0 radical (unpaired) electrons. The van der Waals surface area contributed by atoms with E-state index in [9.17, 15) is 4.39 Å². The summed E-state index contributed by atoms with van der Waals surface area (Å²) in [5.74, 6) is 0.899. The van der Waals surface area contributed by atoms with Crippen molar-refractivity contribution in [2.75, 3.05) is 10.6 Å². The van der Waals surface area contributed by atoms with Gasteiger partial charge in [0.05, 0.1) is 0 Å². The molecule has 1 heterocycles. The molecule has 0 aliphatic carbocycles. The molecule has 134 valence electrons. The van der Waals surface area contributed by atoms with Gasteiger partial charge < -0.3 is 10.6 Å². The first kappa shape index (κ1) is 17.9. The maximum atomic E-state index is 13.7. The molecule has 5 heteroatoms. The molecule has 2 aromatic carbocycles. The zero-order valence-electron chi connectivity index (χ0n) is 15.3. The SMILES string of the molecule is CC(C)(C)c1ccc(Nc2nccc(NCc3ccccc3F)n2)cc1. The number of nitrogens with one attached hydrogen (secondary N) is 2. The van der Waals surface area contributed by atoms with E-state index in [0.29, 0.717) is 23.9 Å². The molecule has 3 aromatic rings. The van der Waals surface area contributed by atoms with E-state index in [1.807, 2.05) is 18.2 Å². The van der Waals surface area contributed by atoms with Crippen LogP contribution in [0.25, 0.3) is 0 Å². The van der Waals surface area contributed by atoms with Gasteiger partial charge in [-0.25, -0.2) is 9.37 Å². The van der Waals surface area contributed by atoms with Crippen molar-refractivity contribution in [1.82, 2.24) is 9.97 Å². The van der Waals surface area contributed by atoms with Gasteiger partial charge in [-0.15, -0.1) is 0 Å². The van der Waals surface area contributed by atoms with Crippen molar-refractivity contribution in [1.29, 1.82) is 0 Å². The standard InChI is InChI=1S/C21H23FN4/c1-21(2,3)16-8-10-17(11-9-16)25-20-23-13-12-19(26-20)24-14-15-6-4-5-7-18(15)22/h4-13H,14H2,1-3H3,(H2,23,24,25,26). The summed E-state index contributed by atoms with van der Waals surface area (Å²) in [6.07, 6.45) is 1.67. The van der Waals surface area contributed by atoms with Crippen LogP contribution < -0.4 is 10.6 Å². The Hall–Kier alpha value is -2.95. The Kier molecular flexibility index (Phi) is 5.16. The molecule has 0 aliphatic rings. The number of benzene rings is 2. The third kappa shape index (κ3) is 4.57. The zero-order chi connectivity index (χ0) is 18.6. The van der Waals surface area contributed by atoms with Gasteiger partial charge in [0.15, 0.2) is 0 Å². The van der Waals surface area contributed by atoms with Gasteiger partial charge in [0.1, 0.15) is 11.6 Å². The predicted octanol–water partition coefficient (Wildman–Crippen LogP) is 5.27. The van der Waals surface area contributed by atoms with Gasteiger partial charge in [-0.05, 0) is 35.2 Å². The Balaban J connectivity index is 1.66. The smallest absolute Gasteiger partial charge is 0.229 e. The maximum absolute atomic E-state index is 13.7. The number of rotatable bonds is 5. The predicted molar refractivity (Wildman–Crippen MR) is 104 cm³/mol. The Morgan fingerprint density at radius 2 is 1.69 bits per heavy atom. The zero-order valence-corrected chi connectivity index (χ0v) is 15.3. The summed E-state index contributed by atoms with van der Waals surface area (Å²) >= 11 is 0. The minimum absolute atomic E-state index is 0.117. The summed E-state index contributed by atoms with van der Waals surface area (Å²) in [6.45, 7) is 6.92. The van der Waals surface area contributed by atoms with Crippen LogP contribution in [0.4, 0.5) is 21.8 Å². The van der Waals surface area contributed by atoms with Crippen LogP contribution in [0.1, 0.15) is 31.9 Å². The van der Waals surface area contributed by atoms with Gasteiger partial charge >= 0.3 is 0 Å². The fourth-order valence-electron chi connectivity index (χ4n) is 2.53. The highest BCUT2D eigenvalue weighted by molar-refractivity contribution is 5.55. The normalized spacial score (nSPS) is 11.2. The first-order chi connectivity index (χ1) is 12.4. The molecule has 4 nitrogen and oxygen atoms in total. The molecule has 2 N–H and O–H groups in total. The quantitative estimate of drug-likeness (QED) is 0.658. The summed E-state index contributed by atoms with van der Waals surface area (Å²) in [6, 6.07) is 16.7. The highest BCUT2D eigenvalue weighted by Crippen LogP contribution is 2.24. The highest BCUT2D eigenvalue weighted by atomic mass is 19.1. The van der Waals surface area contributed by atoms with Crippen LogP contribution in [0.3, 0.4) is 0 Å². The Bertz CT molecular complexity index is 870. The molecule has 3 rings (SSSR count). The summed E-state index contributed by atoms with van der Waals surface area (Å²) in [5, 5.41) is 6.32. The average Bonchev–Trinajstić information content (AvgIpc) is 2.61. The van der Waals surface area contributed by atoms with Crippen molar-refractivity contribution in [2.45, 2.75) is 32.7 Å². The second-order valence-corrected chi connectivity index (χ2v) is 7.16. The molecular formula is C21H23FN4. The van der Waals surface area contributed by atoms with Crippen LogP contribution in [0.15, 0.2) is 60.8 Å². The molecule has 0 aliphatic heterocycles. The van der Waals surface area contributed by atoms with Gasteiger partial charge in [-0.3, -0.25) is 0 Å². The van der Waals surface area contributed by atoms with Crippen molar-refractivity contribution >= 4 is 17.5 Å². The van der Waals surface area contributed by atoms with Gasteiger partial charge in [0.2, 0.25) is 5.95 Å². The van der Waals surface area contributed by atoms with Crippen molar-refractivity contribution in [2.24, 2.45) is 0 Å². The number of hydrogen-bond acceptors (Lipinski definition) is 4. The fourth-order valence-corrected chi connectivity index (χ4v) is 2.53. The van der Waals surface area contributed by atoms with E-state index in [1.165, 1.54) is 11.6 Å². The van der Waals surface area contributed by atoms with E-state index in [0.717, 1.165) is 5.69 Å². The molecule has 0 atom stereocenters. The molecule has 1 aromatic heterocycles. The van der Waals surface area contributed by atoms with Gasteiger partial charge in [0, 0.05) is 24.0 Å². The van der Waals surface area contributed by atoms with Crippen LogP contribution in [-0.4, -0.2) is 9.97 Å². The molecule has 0 saturated heterocycles. The van der Waals surface area contributed by atoms with E-state index in [1.54, 1.807) is 24.4 Å². The van der Waals surface area contributed by atoms with Crippen molar-refractivity contribution in [3.8, 4) is 0 Å². The first-order valence-corrected chi connectivity index (χ1v) is 8.60. The van der Waals surface area contributed by atoms with Crippen LogP contribution in [-0.2, 0) is 12.0 Å². The molecular weight excluding hydrogens is 327 g/mol. The second kappa shape index (κ2) is 7.52. The number of hydrogen-bond donors (Lipinski definition) is 2. The molecule has 0 fully saturated rings. The van der Waals surface area contributed by atoms with E-state index in [2.05, 4.69) is 53.5 Å². The van der Waals surface area contributed by atoms with Gasteiger partial charge in [-0.1, -0.05) is 51.1 Å². The first-order valence-electron chi connectivity index (χ1n) is 8.60. The van der Waals surface area contributed by atoms with E-state index in [-0.39, 0.29) is 11.2 Å². The summed E-state index contributed by atoms with van der Waals surface area (Å²) < 4.78 is 13.7. The Morgan fingerprint density at radius 3 is 2.38 bits per heavy atom. The van der Waals surface area contributed by atoms with Crippen molar-refractivity contribution in [3.63, 3.8) is 0 Å². The third-order valence-corrected chi connectivity index (χ3v) is 4.08. The molecule has 0 saturated carbocycles. The molecule has 0 unspecified atom stereocenters. The number of nitrogens with zero attached hydrogens (tertiary/aromatic N) is 2. The maximum Gasteiger partial charge on any atom is 0.229 e. The third-order valence-electron chi connectivity index (χ3n) is 4.08. The van der Waals surface area contributed by atoms with Crippen molar-refractivity contribution in [3.05, 3.63) is 77.7 Å². The lowest BCUT2D eigenvalue weighted by Crippen LogP contribution is -2.10. The van der Waals surface area contributed by atoms with Crippen LogP contribution >= 0.6 is 0 Å². The summed E-state index contributed by atoms with van der Waals surface area (Å²) in [4.78, 5) is 8.67. The lowest BCUT2D eigenvalue weighted by Gasteiger charge is -2.19. The van der Waals surface area contributed by atoms with Crippen LogP contribution in [0.5, 0.6) is 0 Å². The fraction of sp³-hybridized carbons (Fsp3) is 0.238. The minimum atomic E-state index is -0.230. The topological polar surface area (TPSA) is 49.8 Å². The number of anilines is 3. The lowest BCUT2D eigenvalue weighted by molar-refractivity contribution is 0.590. The Labute approximate surface area is 153 Å². The van der Waals surface area contributed by atoms with Gasteiger partial charge in [0.25, 0.3) is 0 Å². The largest absolute Gasteiger partial charge is 0.366 e. The van der Waals surface area contributed by atoms with E-state index >= 15 is 0 Å². The Morgan fingerprint density at radius 1 is 0.962 bits per heavy atom. The average molecular weight is 350 g/mol. The molecule has 26 heavy (non-hydrogen) atoms. The second-order valence-electron chi connectivity index (χ2n) is 7.16. The van der Waals surface area contributed by atoms with Crippen LogP contribution in [0.2, 0.25) is 0 Å². The molecule has 0 amide bonds. The molecule has 0 spiro atoms. The number of halogens is 1. The van der Waals surface area contributed by atoms with Crippen molar-refractivity contribution < 1.29 is 4.39 Å². The highest BCUT2D eigenvalue weighted by Gasteiger charge is 2.13. The van der Waals surface area contributed by atoms with Crippen LogP contribution in [0, 0.1) is 5.82 Å². The minimum Gasteiger partial charge on any atom is -0.366 e. The lowest BCUT2D eigenvalue weighted by atomic mass is 9.87. The number of aromatic nitrogens is 2.